The third-order valence-corrected chi connectivity index (χ3v) is 7.60. The summed E-state index contributed by atoms with van der Waals surface area (Å²) in [6.45, 7) is 4.25. The van der Waals surface area contributed by atoms with E-state index in [2.05, 4.69) is 15.6 Å². The number of aliphatic hydroxyl groups is 1. The second-order valence-electron chi connectivity index (χ2n) is 10.7. The molecule has 0 spiro atoms. The van der Waals surface area contributed by atoms with Gasteiger partial charge in [-0.15, -0.1) is 0 Å². The van der Waals surface area contributed by atoms with Gasteiger partial charge in [0.2, 0.25) is 0 Å². The molecule has 0 unspecified atom stereocenters. The zero-order valence-electron chi connectivity index (χ0n) is 22.9. The molecule has 0 saturated heterocycles. The van der Waals surface area contributed by atoms with Gasteiger partial charge in [-0.2, -0.15) is 0 Å². The number of carbonyl (C=O) groups excluding carboxylic acids is 3. The Balaban J connectivity index is 1.56. The molecular formula is C29H39N5O5. The fourth-order valence-electron chi connectivity index (χ4n) is 5.11. The van der Waals surface area contributed by atoms with E-state index in [-0.39, 0.29) is 42.0 Å². The number of anilines is 1. The molecule has 210 valence electrons. The molecule has 0 bridgehead atoms. The number of fused-ring (bicyclic) bond motifs is 1. The molecule has 1 aromatic carbocycles. The molecule has 4 amide bonds. The number of aromatic nitrogens is 1. The summed E-state index contributed by atoms with van der Waals surface area (Å²) in [5, 5.41) is 15.9. The van der Waals surface area contributed by atoms with Crippen LogP contribution in [0.25, 0.3) is 0 Å². The first-order valence-corrected chi connectivity index (χ1v) is 13.7. The average Bonchev–Trinajstić information content (AvgIpc) is 2.95. The fraction of sp³-hybridized carbons (Fsp3) is 0.517. The van der Waals surface area contributed by atoms with Crippen molar-refractivity contribution in [3.8, 4) is 5.75 Å². The Labute approximate surface area is 229 Å². The predicted molar refractivity (Wildman–Crippen MR) is 148 cm³/mol. The van der Waals surface area contributed by atoms with Gasteiger partial charge in [0.05, 0.1) is 24.8 Å². The molecule has 39 heavy (non-hydrogen) atoms. The highest BCUT2D eigenvalue weighted by Gasteiger charge is 2.34. The van der Waals surface area contributed by atoms with Crippen LogP contribution < -0.4 is 15.4 Å². The van der Waals surface area contributed by atoms with Crippen LogP contribution in [0.5, 0.6) is 5.75 Å². The smallest absolute Gasteiger partial charge is 0.317 e. The SMILES string of the molecule is C[C@H](CO)N1C[C@H](C)[C@@H](CN(C)C(=O)NC2CCCCC2)Oc2ccc(NC(=O)c3ccncc3)cc2C1=O. The van der Waals surface area contributed by atoms with Crippen LogP contribution >= 0.6 is 0 Å². The molecule has 1 aliphatic heterocycles. The monoisotopic (exact) mass is 537 g/mol. The highest BCUT2D eigenvalue weighted by molar-refractivity contribution is 6.05. The van der Waals surface area contributed by atoms with Crippen LogP contribution in [-0.2, 0) is 0 Å². The van der Waals surface area contributed by atoms with Gasteiger partial charge in [0.1, 0.15) is 11.9 Å². The number of hydrogen-bond acceptors (Lipinski definition) is 6. The minimum atomic E-state index is -0.422. The lowest BCUT2D eigenvalue weighted by Gasteiger charge is -2.38. The second-order valence-corrected chi connectivity index (χ2v) is 10.7. The van der Waals surface area contributed by atoms with Gasteiger partial charge in [0.25, 0.3) is 11.8 Å². The standard InChI is InChI=1S/C29H39N5O5/c1-19-16-34(20(2)18-35)28(37)24-15-23(31-27(36)21-11-13-30-14-12-21)9-10-25(24)39-26(19)17-33(3)29(38)32-22-7-5-4-6-8-22/h9-15,19-20,22,26,35H,4-8,16-18H2,1-3H3,(H,31,36)(H,32,38)/t19-,20+,26+/m0/s1. The molecule has 1 fully saturated rings. The molecule has 2 aliphatic rings. The van der Waals surface area contributed by atoms with E-state index < -0.39 is 12.1 Å². The van der Waals surface area contributed by atoms with Crippen molar-refractivity contribution in [2.45, 2.75) is 64.1 Å². The maximum Gasteiger partial charge on any atom is 0.317 e. The molecule has 4 rings (SSSR count). The summed E-state index contributed by atoms with van der Waals surface area (Å²) in [6, 6.07) is 7.81. The van der Waals surface area contributed by atoms with E-state index in [0.717, 1.165) is 25.7 Å². The second kappa shape index (κ2) is 12.9. The van der Waals surface area contributed by atoms with Crippen LogP contribution in [0.2, 0.25) is 0 Å². The third kappa shape index (κ3) is 7.06. The molecule has 0 radical (unpaired) electrons. The number of aliphatic hydroxyl groups excluding tert-OH is 1. The maximum absolute atomic E-state index is 13.6. The highest BCUT2D eigenvalue weighted by Crippen LogP contribution is 2.31. The Kier molecular flexibility index (Phi) is 9.40. The summed E-state index contributed by atoms with van der Waals surface area (Å²) in [7, 11) is 1.75. The van der Waals surface area contributed by atoms with Gasteiger partial charge in [-0.1, -0.05) is 26.2 Å². The Hall–Kier alpha value is -3.66. The molecule has 1 aliphatic carbocycles. The number of benzene rings is 1. The first-order chi connectivity index (χ1) is 18.8. The third-order valence-electron chi connectivity index (χ3n) is 7.60. The Morgan fingerprint density at radius 3 is 2.59 bits per heavy atom. The van der Waals surface area contributed by atoms with Crippen LogP contribution in [0.1, 0.15) is 66.7 Å². The number of nitrogens with zero attached hydrogens (tertiary/aromatic N) is 3. The Morgan fingerprint density at radius 1 is 1.18 bits per heavy atom. The molecule has 10 heteroatoms. The zero-order chi connectivity index (χ0) is 27.9. The van der Waals surface area contributed by atoms with Crippen LogP contribution in [-0.4, -0.2) is 82.7 Å². The molecule has 1 saturated carbocycles. The molecule has 1 aromatic heterocycles. The van der Waals surface area contributed by atoms with Crippen molar-refractivity contribution < 1.29 is 24.2 Å². The maximum atomic E-state index is 13.6. The first-order valence-electron chi connectivity index (χ1n) is 13.7. The zero-order valence-corrected chi connectivity index (χ0v) is 22.9. The van der Waals surface area contributed by atoms with Crippen LogP contribution in [0, 0.1) is 5.92 Å². The molecule has 2 heterocycles. The minimum Gasteiger partial charge on any atom is -0.487 e. The summed E-state index contributed by atoms with van der Waals surface area (Å²) < 4.78 is 6.38. The highest BCUT2D eigenvalue weighted by atomic mass is 16.5. The minimum absolute atomic E-state index is 0.118. The number of likely N-dealkylation sites (N-methyl/N-ethyl adjacent to an activating group) is 1. The van der Waals surface area contributed by atoms with E-state index in [1.54, 1.807) is 54.1 Å². The van der Waals surface area contributed by atoms with Gasteiger partial charge in [0, 0.05) is 49.2 Å². The summed E-state index contributed by atoms with van der Waals surface area (Å²) in [5.41, 5.74) is 1.17. The van der Waals surface area contributed by atoms with Crippen LogP contribution in [0.15, 0.2) is 42.7 Å². The van der Waals surface area contributed by atoms with Crippen molar-refractivity contribution >= 4 is 23.5 Å². The quantitative estimate of drug-likeness (QED) is 0.497. The number of rotatable bonds is 7. The number of carbonyl (C=O) groups is 3. The van der Waals surface area contributed by atoms with Crippen molar-refractivity contribution in [3.63, 3.8) is 0 Å². The van der Waals surface area contributed by atoms with Crippen LogP contribution in [0.3, 0.4) is 0 Å². The van der Waals surface area contributed by atoms with E-state index in [9.17, 15) is 19.5 Å². The van der Waals surface area contributed by atoms with E-state index in [1.165, 1.54) is 18.8 Å². The molecule has 10 nitrogen and oxygen atoms in total. The predicted octanol–water partition coefficient (Wildman–Crippen LogP) is 3.53. The summed E-state index contributed by atoms with van der Waals surface area (Å²) >= 11 is 0. The van der Waals surface area contributed by atoms with Crippen molar-refractivity contribution in [3.05, 3.63) is 53.9 Å². The lowest BCUT2D eigenvalue weighted by Crippen LogP contribution is -2.52. The van der Waals surface area contributed by atoms with E-state index in [4.69, 9.17) is 4.74 Å². The van der Waals surface area contributed by atoms with E-state index in [1.807, 2.05) is 6.92 Å². The Morgan fingerprint density at radius 2 is 1.90 bits per heavy atom. The number of ether oxygens (including phenoxy) is 1. The number of hydrogen-bond donors (Lipinski definition) is 3. The number of pyridine rings is 1. The topological polar surface area (TPSA) is 124 Å². The largest absolute Gasteiger partial charge is 0.487 e. The molecule has 2 aromatic rings. The fourth-order valence-corrected chi connectivity index (χ4v) is 5.11. The Bertz CT molecular complexity index is 1150. The summed E-state index contributed by atoms with van der Waals surface area (Å²) in [6.07, 6.45) is 8.15. The number of nitrogens with one attached hydrogen (secondary N) is 2. The van der Waals surface area contributed by atoms with Gasteiger partial charge in [0.15, 0.2) is 0 Å². The van der Waals surface area contributed by atoms with Gasteiger partial charge in [-0.25, -0.2) is 4.79 Å². The van der Waals surface area contributed by atoms with Crippen LogP contribution in [0.4, 0.5) is 10.5 Å². The normalized spacial score (nSPS) is 20.6. The average molecular weight is 538 g/mol. The van der Waals surface area contributed by atoms with Crippen molar-refractivity contribution in [1.29, 1.82) is 0 Å². The van der Waals surface area contributed by atoms with Crippen molar-refractivity contribution in [2.75, 3.05) is 32.1 Å². The van der Waals surface area contributed by atoms with Gasteiger partial charge < -0.3 is 30.3 Å². The first kappa shape index (κ1) is 28.4. The number of urea groups is 1. The van der Waals surface area contributed by atoms with Crippen molar-refractivity contribution in [2.24, 2.45) is 5.92 Å². The van der Waals surface area contributed by atoms with Gasteiger partial charge in [-0.3, -0.25) is 14.6 Å². The van der Waals surface area contributed by atoms with E-state index in [0.29, 0.717) is 30.1 Å². The summed E-state index contributed by atoms with van der Waals surface area (Å²) in [4.78, 5) is 46.5. The van der Waals surface area contributed by atoms with Crippen molar-refractivity contribution in [1.82, 2.24) is 20.1 Å². The van der Waals surface area contributed by atoms with Gasteiger partial charge in [-0.05, 0) is 50.1 Å². The van der Waals surface area contributed by atoms with Gasteiger partial charge >= 0.3 is 6.03 Å². The lowest BCUT2D eigenvalue weighted by molar-refractivity contribution is 0.0366. The number of amides is 4. The van der Waals surface area contributed by atoms with E-state index >= 15 is 0 Å². The lowest BCUT2D eigenvalue weighted by atomic mass is 9.96. The molecular weight excluding hydrogens is 498 g/mol. The summed E-state index contributed by atoms with van der Waals surface area (Å²) in [5.74, 6) is -0.365. The molecule has 3 atom stereocenters. The molecule has 3 N–H and O–H groups in total.